The van der Waals surface area contributed by atoms with E-state index in [9.17, 15) is 0 Å². The fourth-order valence-corrected chi connectivity index (χ4v) is 2.23. The molecule has 0 saturated carbocycles. The Hall–Kier alpha value is -1.32. The van der Waals surface area contributed by atoms with Crippen LogP contribution in [0.2, 0.25) is 5.02 Å². The highest BCUT2D eigenvalue weighted by atomic mass is 35.5. The number of aromatic nitrogens is 2. The molecule has 1 aromatic heterocycles. The summed E-state index contributed by atoms with van der Waals surface area (Å²) in [4.78, 5) is 4.44. The Kier molecular flexibility index (Phi) is 5.43. The molecular formula is C15H20ClN3. The largest absolute Gasteiger partial charge is 0.335 e. The molecule has 0 saturated heterocycles. The minimum absolute atomic E-state index is 0.789. The van der Waals surface area contributed by atoms with Crippen LogP contribution < -0.4 is 5.32 Å². The van der Waals surface area contributed by atoms with Crippen LogP contribution in [0.25, 0.3) is 0 Å². The monoisotopic (exact) mass is 277 g/mol. The Labute approximate surface area is 119 Å². The summed E-state index contributed by atoms with van der Waals surface area (Å²) in [6.07, 6.45) is 7.04. The van der Waals surface area contributed by atoms with Crippen molar-refractivity contribution in [1.29, 1.82) is 0 Å². The first-order valence-corrected chi connectivity index (χ1v) is 7.06. The Morgan fingerprint density at radius 1 is 1.21 bits per heavy atom. The lowest BCUT2D eigenvalue weighted by Crippen LogP contribution is -2.12. The molecule has 0 fully saturated rings. The van der Waals surface area contributed by atoms with Gasteiger partial charge in [0.05, 0.1) is 0 Å². The molecule has 0 amide bonds. The van der Waals surface area contributed by atoms with Gasteiger partial charge in [-0.3, -0.25) is 0 Å². The van der Waals surface area contributed by atoms with E-state index in [1.807, 2.05) is 25.4 Å². The van der Waals surface area contributed by atoms with E-state index >= 15 is 0 Å². The second kappa shape index (κ2) is 7.31. The van der Waals surface area contributed by atoms with Crippen LogP contribution in [-0.4, -0.2) is 23.1 Å². The van der Waals surface area contributed by atoms with Gasteiger partial charge in [-0.2, -0.15) is 0 Å². The van der Waals surface area contributed by atoms with Gasteiger partial charge in [0.15, 0.2) is 0 Å². The first-order valence-electron chi connectivity index (χ1n) is 6.68. The molecule has 2 aromatic rings. The number of halogens is 1. The zero-order chi connectivity index (χ0) is 13.5. The smallest absolute Gasteiger partial charge is 0.108 e. The Balaban J connectivity index is 1.88. The number of aryl methyl sites for hydroxylation is 3. The molecule has 1 aromatic carbocycles. The van der Waals surface area contributed by atoms with Crippen molar-refractivity contribution in [2.45, 2.75) is 25.8 Å². The zero-order valence-electron chi connectivity index (χ0n) is 11.3. The summed E-state index contributed by atoms with van der Waals surface area (Å²) >= 11 is 5.89. The highest BCUT2D eigenvalue weighted by Crippen LogP contribution is 2.12. The van der Waals surface area contributed by atoms with Crippen LogP contribution in [0.3, 0.4) is 0 Å². The van der Waals surface area contributed by atoms with E-state index < -0.39 is 0 Å². The molecule has 1 heterocycles. The predicted octanol–water partition coefficient (Wildman–Crippen LogP) is 2.93. The summed E-state index contributed by atoms with van der Waals surface area (Å²) < 4.78 is 2.24. The van der Waals surface area contributed by atoms with Crippen LogP contribution in [0.4, 0.5) is 0 Å². The van der Waals surface area contributed by atoms with Gasteiger partial charge in [0.25, 0.3) is 0 Å². The van der Waals surface area contributed by atoms with Gasteiger partial charge in [-0.05, 0) is 44.1 Å². The third kappa shape index (κ3) is 4.37. The van der Waals surface area contributed by atoms with Gasteiger partial charge in [0, 0.05) is 30.4 Å². The minimum atomic E-state index is 0.789. The average molecular weight is 278 g/mol. The maximum absolute atomic E-state index is 5.89. The summed E-state index contributed by atoms with van der Waals surface area (Å²) in [5, 5.41) is 3.96. The van der Waals surface area contributed by atoms with E-state index in [0.717, 1.165) is 43.2 Å². The molecule has 0 aliphatic rings. The predicted molar refractivity (Wildman–Crippen MR) is 79.6 cm³/mol. The van der Waals surface area contributed by atoms with Crippen LogP contribution in [0.15, 0.2) is 36.7 Å². The van der Waals surface area contributed by atoms with Gasteiger partial charge in [-0.15, -0.1) is 0 Å². The van der Waals surface area contributed by atoms with Gasteiger partial charge in [0.2, 0.25) is 0 Å². The van der Waals surface area contributed by atoms with Crippen molar-refractivity contribution in [3.63, 3.8) is 0 Å². The minimum Gasteiger partial charge on any atom is -0.335 e. The molecule has 0 atom stereocenters. The van der Waals surface area contributed by atoms with Crippen molar-refractivity contribution in [3.8, 4) is 0 Å². The normalized spacial score (nSPS) is 10.8. The first-order chi connectivity index (χ1) is 9.29. The number of hydrogen-bond donors (Lipinski definition) is 1. The Morgan fingerprint density at radius 2 is 2.00 bits per heavy atom. The SMILES string of the molecule is CNCCCn1ccnc1CCc1ccc(Cl)cc1. The Bertz CT molecular complexity index is 490. The van der Waals surface area contributed by atoms with E-state index in [2.05, 4.69) is 33.2 Å². The molecule has 0 aliphatic carbocycles. The highest BCUT2D eigenvalue weighted by molar-refractivity contribution is 6.30. The van der Waals surface area contributed by atoms with Gasteiger partial charge < -0.3 is 9.88 Å². The lowest BCUT2D eigenvalue weighted by molar-refractivity contribution is 0.587. The molecule has 1 N–H and O–H groups in total. The second-order valence-electron chi connectivity index (χ2n) is 4.62. The van der Waals surface area contributed by atoms with E-state index in [1.165, 1.54) is 5.56 Å². The summed E-state index contributed by atoms with van der Waals surface area (Å²) in [7, 11) is 1.98. The number of nitrogens with one attached hydrogen (secondary N) is 1. The molecule has 102 valence electrons. The lowest BCUT2D eigenvalue weighted by atomic mass is 10.1. The molecule has 0 aliphatic heterocycles. The molecular weight excluding hydrogens is 258 g/mol. The molecule has 0 radical (unpaired) electrons. The van der Waals surface area contributed by atoms with Crippen molar-refractivity contribution in [3.05, 3.63) is 53.1 Å². The summed E-state index contributed by atoms with van der Waals surface area (Å²) in [6.45, 7) is 2.06. The number of benzene rings is 1. The number of rotatable bonds is 7. The molecule has 0 bridgehead atoms. The highest BCUT2D eigenvalue weighted by Gasteiger charge is 2.03. The molecule has 3 nitrogen and oxygen atoms in total. The standard InChI is InChI=1S/C15H20ClN3/c1-17-9-2-11-19-12-10-18-15(19)8-5-13-3-6-14(16)7-4-13/h3-4,6-7,10,12,17H,2,5,8-9,11H2,1H3. The summed E-state index contributed by atoms with van der Waals surface area (Å²) in [5.74, 6) is 1.16. The van der Waals surface area contributed by atoms with Gasteiger partial charge >= 0.3 is 0 Å². The lowest BCUT2D eigenvalue weighted by Gasteiger charge is -2.07. The van der Waals surface area contributed by atoms with Crippen molar-refractivity contribution in [1.82, 2.24) is 14.9 Å². The number of nitrogens with zero attached hydrogens (tertiary/aromatic N) is 2. The molecule has 0 spiro atoms. The summed E-state index contributed by atoms with van der Waals surface area (Å²) in [6, 6.07) is 8.04. The second-order valence-corrected chi connectivity index (χ2v) is 5.06. The van der Waals surface area contributed by atoms with Crippen LogP contribution in [0, 0.1) is 0 Å². The van der Waals surface area contributed by atoms with Gasteiger partial charge in [0.1, 0.15) is 5.82 Å². The van der Waals surface area contributed by atoms with Crippen molar-refractivity contribution >= 4 is 11.6 Å². The maximum Gasteiger partial charge on any atom is 0.108 e. The van der Waals surface area contributed by atoms with E-state index in [-0.39, 0.29) is 0 Å². The average Bonchev–Trinajstić information content (AvgIpc) is 2.86. The van der Waals surface area contributed by atoms with Crippen molar-refractivity contribution in [2.75, 3.05) is 13.6 Å². The van der Waals surface area contributed by atoms with Crippen LogP contribution in [0.5, 0.6) is 0 Å². The topological polar surface area (TPSA) is 29.9 Å². The van der Waals surface area contributed by atoms with E-state index in [0.29, 0.717) is 0 Å². The maximum atomic E-state index is 5.89. The quantitative estimate of drug-likeness (QED) is 0.789. The summed E-state index contributed by atoms with van der Waals surface area (Å²) in [5.41, 5.74) is 1.30. The van der Waals surface area contributed by atoms with E-state index in [4.69, 9.17) is 11.6 Å². The van der Waals surface area contributed by atoms with Crippen LogP contribution >= 0.6 is 11.6 Å². The molecule has 19 heavy (non-hydrogen) atoms. The fourth-order valence-electron chi connectivity index (χ4n) is 2.11. The number of imidazole rings is 1. The third-order valence-electron chi connectivity index (χ3n) is 3.18. The fraction of sp³-hybridized carbons (Fsp3) is 0.400. The molecule has 0 unspecified atom stereocenters. The Morgan fingerprint density at radius 3 is 2.74 bits per heavy atom. The molecule has 2 rings (SSSR count). The van der Waals surface area contributed by atoms with Crippen LogP contribution in [-0.2, 0) is 19.4 Å². The molecule has 4 heteroatoms. The first kappa shape index (κ1) is 14.1. The zero-order valence-corrected chi connectivity index (χ0v) is 12.0. The van der Waals surface area contributed by atoms with Gasteiger partial charge in [-0.25, -0.2) is 4.98 Å². The van der Waals surface area contributed by atoms with Crippen molar-refractivity contribution < 1.29 is 0 Å². The van der Waals surface area contributed by atoms with E-state index in [1.54, 1.807) is 0 Å². The third-order valence-corrected chi connectivity index (χ3v) is 3.43. The van der Waals surface area contributed by atoms with Crippen LogP contribution in [0.1, 0.15) is 17.8 Å². The number of hydrogen-bond acceptors (Lipinski definition) is 2. The van der Waals surface area contributed by atoms with Crippen molar-refractivity contribution in [2.24, 2.45) is 0 Å². The van der Waals surface area contributed by atoms with Gasteiger partial charge in [-0.1, -0.05) is 23.7 Å².